The fourth-order valence-electron chi connectivity index (χ4n) is 9.74. The van der Waals surface area contributed by atoms with Crippen molar-refractivity contribution in [1.82, 2.24) is 0 Å². The Hall–Kier alpha value is -5.96. The highest BCUT2D eigenvalue weighted by atomic mass is 32.1. The molecule has 54 heavy (non-hydrogen) atoms. The Morgan fingerprint density at radius 3 is 1.81 bits per heavy atom. The van der Waals surface area contributed by atoms with Gasteiger partial charge in [-0.1, -0.05) is 143 Å². The van der Waals surface area contributed by atoms with Crippen LogP contribution in [0.1, 0.15) is 49.9 Å². The molecule has 0 saturated carbocycles. The molecule has 0 spiro atoms. The van der Waals surface area contributed by atoms with E-state index in [1.54, 1.807) is 0 Å². The molecule has 0 saturated heterocycles. The van der Waals surface area contributed by atoms with Gasteiger partial charge < -0.3 is 4.90 Å². The van der Waals surface area contributed by atoms with Crippen LogP contribution < -0.4 is 4.90 Å². The average molecular weight is 710 g/mol. The maximum Gasteiger partial charge on any atom is 0.0546 e. The molecule has 0 amide bonds. The van der Waals surface area contributed by atoms with Gasteiger partial charge in [0, 0.05) is 47.9 Å². The Morgan fingerprint density at radius 1 is 0.407 bits per heavy atom. The zero-order chi connectivity index (χ0) is 36.3. The van der Waals surface area contributed by atoms with Crippen molar-refractivity contribution in [3.8, 4) is 33.4 Å². The maximum atomic E-state index is 2.53. The highest BCUT2D eigenvalue weighted by molar-refractivity contribution is 7.25. The van der Waals surface area contributed by atoms with Crippen molar-refractivity contribution in [3.63, 3.8) is 0 Å². The van der Waals surface area contributed by atoms with Gasteiger partial charge in [0.2, 0.25) is 0 Å². The van der Waals surface area contributed by atoms with Crippen LogP contribution >= 0.6 is 11.3 Å². The molecule has 0 N–H and O–H groups in total. The summed E-state index contributed by atoms with van der Waals surface area (Å²) in [6.07, 6.45) is 0. The van der Waals surface area contributed by atoms with E-state index in [-0.39, 0.29) is 10.8 Å². The van der Waals surface area contributed by atoms with E-state index in [2.05, 4.69) is 196 Å². The SMILES string of the molecule is CC1(C)c2ccccc2-c2cc(N(c3ccc4c(c3)C(C)(C)c3ccccc3-4)c3ccc4ccccc4c3-c3ccc4sc5ccccc5c4c3)ccc21. The third-order valence-electron chi connectivity index (χ3n) is 12.5. The van der Waals surface area contributed by atoms with Crippen LogP contribution in [0.4, 0.5) is 17.1 Å². The van der Waals surface area contributed by atoms with E-state index >= 15 is 0 Å². The van der Waals surface area contributed by atoms with Crippen molar-refractivity contribution in [1.29, 1.82) is 0 Å². The molecule has 0 radical (unpaired) electrons. The van der Waals surface area contributed by atoms with Crippen LogP contribution in [-0.4, -0.2) is 0 Å². The highest BCUT2D eigenvalue weighted by Gasteiger charge is 2.38. The van der Waals surface area contributed by atoms with E-state index in [4.69, 9.17) is 0 Å². The summed E-state index contributed by atoms with van der Waals surface area (Å²) in [6, 6.07) is 61.7. The van der Waals surface area contributed by atoms with Gasteiger partial charge in [-0.15, -0.1) is 11.3 Å². The summed E-state index contributed by atoms with van der Waals surface area (Å²) in [5, 5.41) is 5.12. The number of nitrogens with zero attached hydrogens (tertiary/aromatic N) is 1. The number of fused-ring (bicyclic) bond motifs is 10. The highest BCUT2D eigenvalue weighted by Crippen LogP contribution is 2.54. The van der Waals surface area contributed by atoms with E-state index in [9.17, 15) is 0 Å². The molecule has 0 atom stereocenters. The number of anilines is 3. The topological polar surface area (TPSA) is 3.24 Å². The quantitative estimate of drug-likeness (QED) is 0.176. The minimum absolute atomic E-state index is 0.0640. The number of benzene rings is 8. The largest absolute Gasteiger partial charge is 0.310 e. The van der Waals surface area contributed by atoms with Crippen LogP contribution in [0.15, 0.2) is 164 Å². The van der Waals surface area contributed by atoms with Crippen molar-refractivity contribution in [2.24, 2.45) is 0 Å². The van der Waals surface area contributed by atoms with Gasteiger partial charge in [-0.3, -0.25) is 0 Å². The van der Waals surface area contributed by atoms with Gasteiger partial charge in [0.15, 0.2) is 0 Å². The van der Waals surface area contributed by atoms with Crippen LogP contribution in [0.5, 0.6) is 0 Å². The van der Waals surface area contributed by atoms with Crippen molar-refractivity contribution < 1.29 is 0 Å². The van der Waals surface area contributed by atoms with Crippen molar-refractivity contribution in [3.05, 3.63) is 186 Å². The number of hydrogen-bond acceptors (Lipinski definition) is 2. The molecular formula is C52H39NS. The standard InChI is InChI=1S/C52H39NS/c1-51(2)44-19-11-8-16-38(44)41-30-34(24-26-45(41)51)53(35-23-25-39-37-15-7-10-18-43(37)52(3,4)46(39)31-35)47-27-21-32-13-5-6-14-36(32)50(47)33-22-28-49-42(29-33)40-17-9-12-20-48(40)54-49/h5-31H,1-4H3. The second kappa shape index (κ2) is 11.3. The van der Waals surface area contributed by atoms with E-state index in [1.807, 2.05) is 11.3 Å². The van der Waals surface area contributed by atoms with Crippen LogP contribution in [-0.2, 0) is 10.8 Å². The van der Waals surface area contributed by atoms with E-state index < -0.39 is 0 Å². The molecule has 2 aliphatic carbocycles. The lowest BCUT2D eigenvalue weighted by Crippen LogP contribution is -2.17. The zero-order valence-electron chi connectivity index (χ0n) is 30.9. The Balaban J connectivity index is 1.20. The van der Waals surface area contributed by atoms with Gasteiger partial charge >= 0.3 is 0 Å². The Labute approximate surface area is 320 Å². The smallest absolute Gasteiger partial charge is 0.0546 e. The molecule has 2 heteroatoms. The van der Waals surface area contributed by atoms with Gasteiger partial charge in [0.25, 0.3) is 0 Å². The number of thiophene rings is 1. The third kappa shape index (κ3) is 4.38. The lowest BCUT2D eigenvalue weighted by Gasteiger charge is -2.31. The predicted octanol–water partition coefficient (Wildman–Crippen LogP) is 15.0. The molecule has 0 bridgehead atoms. The van der Waals surface area contributed by atoms with Crippen molar-refractivity contribution in [2.45, 2.75) is 38.5 Å². The second-order valence-corrected chi connectivity index (χ2v) is 17.2. The molecule has 0 unspecified atom stereocenters. The van der Waals surface area contributed by atoms with Gasteiger partial charge in [0.1, 0.15) is 0 Å². The molecule has 258 valence electrons. The van der Waals surface area contributed by atoms with Crippen LogP contribution in [0.3, 0.4) is 0 Å². The molecule has 8 aromatic carbocycles. The van der Waals surface area contributed by atoms with Crippen LogP contribution in [0.2, 0.25) is 0 Å². The summed E-state index contributed by atoms with van der Waals surface area (Å²) in [5.74, 6) is 0. The summed E-state index contributed by atoms with van der Waals surface area (Å²) < 4.78 is 2.64. The molecule has 0 fully saturated rings. The second-order valence-electron chi connectivity index (χ2n) is 16.1. The van der Waals surface area contributed by atoms with Gasteiger partial charge in [-0.2, -0.15) is 0 Å². The summed E-state index contributed by atoms with van der Waals surface area (Å²) in [6.45, 7) is 9.48. The van der Waals surface area contributed by atoms with Gasteiger partial charge in [-0.25, -0.2) is 0 Å². The summed E-state index contributed by atoms with van der Waals surface area (Å²) >= 11 is 1.87. The molecular weight excluding hydrogens is 671 g/mol. The Morgan fingerprint density at radius 2 is 1.00 bits per heavy atom. The lowest BCUT2D eigenvalue weighted by molar-refractivity contribution is 0.660. The number of rotatable bonds is 4. The average Bonchev–Trinajstić information content (AvgIpc) is 3.77. The Kier molecular flexibility index (Phi) is 6.59. The summed E-state index contributed by atoms with van der Waals surface area (Å²) in [7, 11) is 0. The first-order valence-corrected chi connectivity index (χ1v) is 19.8. The van der Waals surface area contributed by atoms with Crippen LogP contribution in [0, 0.1) is 0 Å². The minimum Gasteiger partial charge on any atom is -0.310 e. The van der Waals surface area contributed by atoms with E-state index in [0.717, 1.165) is 5.69 Å². The number of hydrogen-bond donors (Lipinski definition) is 0. The Bertz CT molecular complexity index is 3010. The van der Waals surface area contributed by atoms with Gasteiger partial charge in [-0.05, 0) is 109 Å². The zero-order valence-corrected chi connectivity index (χ0v) is 31.8. The predicted molar refractivity (Wildman–Crippen MR) is 232 cm³/mol. The first kappa shape index (κ1) is 31.6. The van der Waals surface area contributed by atoms with Crippen LogP contribution in [0.25, 0.3) is 64.3 Å². The summed E-state index contributed by atoms with van der Waals surface area (Å²) in [4.78, 5) is 2.53. The molecule has 0 aliphatic heterocycles. The molecule has 1 nitrogen and oxygen atoms in total. The lowest BCUT2D eigenvalue weighted by atomic mass is 9.82. The first-order valence-electron chi connectivity index (χ1n) is 19.0. The minimum atomic E-state index is -0.119. The van der Waals surface area contributed by atoms with E-state index in [0.29, 0.717) is 0 Å². The molecule has 9 aromatic rings. The summed E-state index contributed by atoms with van der Waals surface area (Å²) in [5.41, 5.74) is 16.6. The van der Waals surface area contributed by atoms with Crippen molar-refractivity contribution >= 4 is 59.3 Å². The molecule has 1 aromatic heterocycles. The molecule has 2 aliphatic rings. The normalized spacial score (nSPS) is 14.6. The molecule has 1 heterocycles. The monoisotopic (exact) mass is 709 g/mol. The van der Waals surface area contributed by atoms with Crippen molar-refractivity contribution in [2.75, 3.05) is 4.90 Å². The van der Waals surface area contributed by atoms with E-state index in [1.165, 1.54) is 98.0 Å². The first-order chi connectivity index (χ1) is 26.3. The maximum absolute atomic E-state index is 2.53. The molecule has 11 rings (SSSR count). The van der Waals surface area contributed by atoms with Gasteiger partial charge in [0.05, 0.1) is 5.69 Å². The third-order valence-corrected chi connectivity index (χ3v) is 13.6. The fraction of sp³-hybridized carbons (Fsp3) is 0.115. The fourth-order valence-corrected chi connectivity index (χ4v) is 10.8.